The number of hydrogen-bond acceptors (Lipinski definition) is 7. The average Bonchev–Trinajstić information content (AvgIpc) is 2.87. The molecule has 1 amide bonds. The summed E-state index contributed by atoms with van der Waals surface area (Å²) in [5.41, 5.74) is 1.77. The summed E-state index contributed by atoms with van der Waals surface area (Å²) in [6.07, 6.45) is 0.453. The molecule has 0 unspecified atom stereocenters. The second-order valence-corrected chi connectivity index (χ2v) is 10.4. The van der Waals surface area contributed by atoms with Gasteiger partial charge in [0.1, 0.15) is 5.75 Å². The number of nitrogens with one attached hydrogen (secondary N) is 1. The Morgan fingerprint density at radius 3 is 2.56 bits per heavy atom. The standard InChI is InChI=1S/C25H24N4O5S2/c1-34-19-6-4-5-18(15-19)27-23(30)16-35-25-28-22-8-3-2-7-21(22)24(31)29(25)14-13-17-9-11-20(12-10-17)36(26,32)33/h2-12,15H,13-14,16H2,1H3,(H,27,30)(H2,26,32,33). The van der Waals surface area contributed by atoms with E-state index in [4.69, 9.17) is 9.88 Å². The van der Waals surface area contributed by atoms with E-state index in [0.717, 1.165) is 5.56 Å². The molecular weight excluding hydrogens is 500 g/mol. The summed E-state index contributed by atoms with van der Waals surface area (Å²) in [4.78, 5) is 30.5. The number of nitrogens with two attached hydrogens (primary N) is 1. The molecule has 0 aliphatic rings. The zero-order chi connectivity index (χ0) is 25.7. The van der Waals surface area contributed by atoms with Gasteiger partial charge in [-0.25, -0.2) is 18.5 Å². The summed E-state index contributed by atoms with van der Waals surface area (Å²) in [7, 11) is -2.23. The van der Waals surface area contributed by atoms with E-state index in [1.807, 2.05) is 0 Å². The zero-order valence-electron chi connectivity index (χ0n) is 19.4. The molecule has 1 aromatic heterocycles. The van der Waals surface area contributed by atoms with Crippen LogP contribution in [-0.2, 0) is 27.8 Å². The highest BCUT2D eigenvalue weighted by Crippen LogP contribution is 2.21. The lowest BCUT2D eigenvalue weighted by Crippen LogP contribution is -2.25. The fourth-order valence-corrected chi connectivity index (χ4v) is 4.91. The number of para-hydroxylation sites is 1. The average molecular weight is 525 g/mol. The Hall–Kier alpha value is -3.67. The molecule has 1 heterocycles. The van der Waals surface area contributed by atoms with Gasteiger partial charge in [0.15, 0.2) is 5.16 Å². The van der Waals surface area contributed by atoms with Gasteiger partial charge >= 0.3 is 0 Å². The van der Waals surface area contributed by atoms with Gasteiger partial charge in [0.2, 0.25) is 15.9 Å². The molecule has 0 bridgehead atoms. The number of rotatable bonds is 9. The van der Waals surface area contributed by atoms with Crippen LogP contribution in [0.3, 0.4) is 0 Å². The molecule has 0 fully saturated rings. The minimum atomic E-state index is -3.78. The largest absolute Gasteiger partial charge is 0.497 e. The van der Waals surface area contributed by atoms with E-state index in [2.05, 4.69) is 10.3 Å². The minimum Gasteiger partial charge on any atom is -0.497 e. The Morgan fingerprint density at radius 1 is 1.08 bits per heavy atom. The lowest BCUT2D eigenvalue weighted by Gasteiger charge is -2.13. The van der Waals surface area contributed by atoms with Crippen LogP contribution < -0.4 is 20.8 Å². The van der Waals surface area contributed by atoms with E-state index >= 15 is 0 Å². The Morgan fingerprint density at radius 2 is 1.83 bits per heavy atom. The minimum absolute atomic E-state index is 0.0223. The molecule has 0 radical (unpaired) electrons. The maximum atomic E-state index is 13.3. The summed E-state index contributed by atoms with van der Waals surface area (Å²) in [6, 6.07) is 20.3. The highest BCUT2D eigenvalue weighted by Gasteiger charge is 2.14. The Labute approximate surface area is 212 Å². The van der Waals surface area contributed by atoms with Crippen molar-refractivity contribution in [3.8, 4) is 5.75 Å². The van der Waals surface area contributed by atoms with E-state index in [0.29, 0.717) is 40.5 Å². The Bertz CT molecular complexity index is 1570. The van der Waals surface area contributed by atoms with Crippen LogP contribution in [0.5, 0.6) is 5.75 Å². The summed E-state index contributed by atoms with van der Waals surface area (Å²) >= 11 is 1.17. The van der Waals surface area contributed by atoms with Crippen molar-refractivity contribution in [2.75, 3.05) is 18.2 Å². The van der Waals surface area contributed by atoms with E-state index in [9.17, 15) is 18.0 Å². The number of anilines is 1. The first-order valence-electron chi connectivity index (χ1n) is 10.9. The number of primary sulfonamides is 1. The van der Waals surface area contributed by atoms with Crippen molar-refractivity contribution in [3.05, 3.63) is 88.7 Å². The molecule has 4 rings (SSSR count). The second kappa shape index (κ2) is 10.9. The molecule has 186 valence electrons. The number of benzene rings is 3. The third kappa shape index (κ3) is 6.11. The predicted octanol–water partition coefficient (Wildman–Crippen LogP) is 3.03. The number of methoxy groups -OCH3 is 1. The third-order valence-corrected chi connectivity index (χ3v) is 7.29. The van der Waals surface area contributed by atoms with Gasteiger partial charge in [-0.3, -0.25) is 14.2 Å². The molecular formula is C25H24N4O5S2. The number of nitrogens with zero attached hydrogens (tertiary/aromatic N) is 2. The number of carbonyl (C=O) groups is 1. The highest BCUT2D eigenvalue weighted by molar-refractivity contribution is 7.99. The molecule has 0 aliphatic carbocycles. The van der Waals surface area contributed by atoms with Crippen LogP contribution in [0, 0.1) is 0 Å². The van der Waals surface area contributed by atoms with Crippen molar-refractivity contribution < 1.29 is 17.9 Å². The van der Waals surface area contributed by atoms with Crippen LogP contribution in [0.25, 0.3) is 10.9 Å². The first kappa shape index (κ1) is 25.4. The maximum Gasteiger partial charge on any atom is 0.262 e. The first-order chi connectivity index (χ1) is 17.2. The smallest absolute Gasteiger partial charge is 0.262 e. The van der Waals surface area contributed by atoms with Gasteiger partial charge < -0.3 is 10.1 Å². The second-order valence-electron chi connectivity index (χ2n) is 7.88. The van der Waals surface area contributed by atoms with E-state index in [1.165, 1.54) is 23.9 Å². The fourth-order valence-electron chi connectivity index (χ4n) is 3.57. The summed E-state index contributed by atoms with van der Waals surface area (Å²) in [5, 5.41) is 8.88. The van der Waals surface area contributed by atoms with Crippen LogP contribution in [0.15, 0.2) is 87.6 Å². The van der Waals surface area contributed by atoms with Crippen molar-refractivity contribution in [3.63, 3.8) is 0 Å². The quantitative estimate of drug-likeness (QED) is 0.254. The van der Waals surface area contributed by atoms with Crippen LogP contribution in [0.4, 0.5) is 5.69 Å². The third-order valence-electron chi connectivity index (χ3n) is 5.39. The van der Waals surface area contributed by atoms with Gasteiger partial charge in [0.25, 0.3) is 5.56 Å². The fraction of sp³-hybridized carbons (Fsp3) is 0.160. The van der Waals surface area contributed by atoms with Crippen molar-refractivity contribution in [1.82, 2.24) is 9.55 Å². The van der Waals surface area contributed by atoms with Crippen LogP contribution >= 0.6 is 11.8 Å². The van der Waals surface area contributed by atoms with E-state index in [-0.39, 0.29) is 22.1 Å². The molecule has 3 aromatic carbocycles. The number of hydrogen-bond donors (Lipinski definition) is 2. The van der Waals surface area contributed by atoms with Crippen molar-refractivity contribution >= 4 is 44.3 Å². The number of carbonyl (C=O) groups excluding carboxylic acids is 1. The maximum absolute atomic E-state index is 13.3. The normalized spacial score (nSPS) is 11.4. The molecule has 36 heavy (non-hydrogen) atoms. The summed E-state index contributed by atoms with van der Waals surface area (Å²) in [6.45, 7) is 0.297. The van der Waals surface area contributed by atoms with Gasteiger partial charge in [-0.15, -0.1) is 0 Å². The monoisotopic (exact) mass is 524 g/mol. The predicted molar refractivity (Wildman–Crippen MR) is 140 cm³/mol. The van der Waals surface area contributed by atoms with Gasteiger partial charge in [-0.2, -0.15) is 0 Å². The first-order valence-corrected chi connectivity index (χ1v) is 13.5. The number of aryl methyl sites for hydroxylation is 1. The van der Waals surface area contributed by atoms with Gasteiger partial charge in [-0.05, 0) is 48.4 Å². The zero-order valence-corrected chi connectivity index (χ0v) is 21.0. The van der Waals surface area contributed by atoms with Crippen LogP contribution in [0.2, 0.25) is 0 Å². The molecule has 0 saturated carbocycles. The summed E-state index contributed by atoms with van der Waals surface area (Å²) < 4.78 is 29.7. The number of sulfonamides is 1. The SMILES string of the molecule is COc1cccc(NC(=O)CSc2nc3ccccc3c(=O)n2CCc2ccc(S(N)(=O)=O)cc2)c1. The van der Waals surface area contributed by atoms with Gasteiger partial charge in [0.05, 0.1) is 28.7 Å². The van der Waals surface area contributed by atoms with Gasteiger partial charge in [0, 0.05) is 18.3 Å². The topological polar surface area (TPSA) is 133 Å². The van der Waals surface area contributed by atoms with E-state index < -0.39 is 10.0 Å². The van der Waals surface area contributed by atoms with Crippen LogP contribution in [0.1, 0.15) is 5.56 Å². The Balaban J connectivity index is 1.54. The molecule has 9 nitrogen and oxygen atoms in total. The Kier molecular flexibility index (Phi) is 7.73. The van der Waals surface area contributed by atoms with Crippen LogP contribution in [-0.4, -0.2) is 36.7 Å². The van der Waals surface area contributed by atoms with Crippen molar-refractivity contribution in [1.29, 1.82) is 0 Å². The summed E-state index contributed by atoms with van der Waals surface area (Å²) in [5.74, 6) is 0.425. The highest BCUT2D eigenvalue weighted by atomic mass is 32.2. The number of ether oxygens (including phenoxy) is 1. The number of thioether (sulfide) groups is 1. The number of amides is 1. The molecule has 0 saturated heterocycles. The number of aromatic nitrogens is 2. The lowest BCUT2D eigenvalue weighted by atomic mass is 10.1. The van der Waals surface area contributed by atoms with Crippen molar-refractivity contribution in [2.45, 2.75) is 23.0 Å². The molecule has 3 N–H and O–H groups in total. The van der Waals surface area contributed by atoms with Crippen molar-refractivity contribution in [2.24, 2.45) is 5.14 Å². The molecule has 11 heteroatoms. The van der Waals surface area contributed by atoms with Gasteiger partial charge in [-0.1, -0.05) is 42.1 Å². The lowest BCUT2D eigenvalue weighted by molar-refractivity contribution is -0.113. The molecule has 0 spiro atoms. The van der Waals surface area contributed by atoms with E-state index in [1.54, 1.807) is 72.3 Å². The molecule has 0 aliphatic heterocycles. The molecule has 0 atom stereocenters. The number of fused-ring (bicyclic) bond motifs is 1. The molecule has 4 aromatic rings.